The zero-order valence-electron chi connectivity index (χ0n) is 13.9. The Bertz CT molecular complexity index is 717. The molecular formula is C15H20BN3O3S. The first-order valence-corrected chi connectivity index (χ1v) is 8.18. The highest BCUT2D eigenvalue weighted by molar-refractivity contribution is 7.18. The molecule has 122 valence electrons. The zero-order chi connectivity index (χ0) is 16.8. The fourth-order valence-corrected chi connectivity index (χ4v) is 2.99. The number of benzene rings is 1. The summed E-state index contributed by atoms with van der Waals surface area (Å²) in [6.07, 6.45) is 0. The number of methoxy groups -OCH3 is 1. The van der Waals surface area contributed by atoms with Crippen LogP contribution in [0, 0.1) is 0 Å². The maximum atomic E-state index is 6.10. The summed E-state index contributed by atoms with van der Waals surface area (Å²) in [5, 5.41) is 9.10. The van der Waals surface area contributed by atoms with Crippen molar-refractivity contribution in [2.24, 2.45) is 0 Å². The van der Waals surface area contributed by atoms with Gasteiger partial charge in [0.1, 0.15) is 5.75 Å². The Kier molecular flexibility index (Phi) is 3.86. The van der Waals surface area contributed by atoms with Crippen molar-refractivity contribution < 1.29 is 14.0 Å². The molecule has 1 aliphatic rings. The van der Waals surface area contributed by atoms with Gasteiger partial charge in [0.2, 0.25) is 5.13 Å². The van der Waals surface area contributed by atoms with Crippen LogP contribution in [0.2, 0.25) is 0 Å². The lowest BCUT2D eigenvalue weighted by atomic mass is 9.78. The van der Waals surface area contributed by atoms with Gasteiger partial charge in [-0.2, -0.15) is 0 Å². The summed E-state index contributed by atoms with van der Waals surface area (Å²) in [6.45, 7) is 8.12. The number of aromatic nitrogens is 2. The molecule has 0 saturated carbocycles. The van der Waals surface area contributed by atoms with Gasteiger partial charge < -0.3 is 19.8 Å². The first-order valence-electron chi connectivity index (χ1n) is 7.36. The number of rotatable bonds is 3. The van der Waals surface area contributed by atoms with Crippen LogP contribution in [-0.4, -0.2) is 35.6 Å². The van der Waals surface area contributed by atoms with Crippen molar-refractivity contribution in [2.75, 3.05) is 12.8 Å². The van der Waals surface area contributed by atoms with E-state index in [2.05, 4.69) is 10.2 Å². The topological polar surface area (TPSA) is 79.5 Å². The molecule has 0 unspecified atom stereocenters. The van der Waals surface area contributed by atoms with Crippen LogP contribution in [0.5, 0.6) is 5.75 Å². The first-order chi connectivity index (χ1) is 10.7. The van der Waals surface area contributed by atoms with Gasteiger partial charge >= 0.3 is 7.12 Å². The molecule has 0 bridgehead atoms. The third kappa shape index (κ3) is 2.82. The normalized spacial score (nSPS) is 19.1. The molecule has 23 heavy (non-hydrogen) atoms. The number of nitrogens with zero attached hydrogens (tertiary/aromatic N) is 2. The van der Waals surface area contributed by atoms with Gasteiger partial charge in [-0.05, 0) is 45.3 Å². The van der Waals surface area contributed by atoms with E-state index in [4.69, 9.17) is 19.8 Å². The molecule has 6 nitrogen and oxygen atoms in total. The van der Waals surface area contributed by atoms with Crippen molar-refractivity contribution in [1.29, 1.82) is 0 Å². The van der Waals surface area contributed by atoms with Gasteiger partial charge in [-0.3, -0.25) is 0 Å². The molecule has 8 heteroatoms. The predicted octanol–water partition coefficient (Wildman–Crippen LogP) is 2.10. The quantitative estimate of drug-likeness (QED) is 0.867. The standard InChI is InChI=1S/C15H20BN3O3S/c1-14(2)15(3,4)22-16(21-14)9-6-7-11(20-5)10(8-9)12-18-19-13(17)23-12/h6-8H,1-5H3,(H2,17,19). The first kappa shape index (κ1) is 16.2. The van der Waals surface area contributed by atoms with Crippen molar-refractivity contribution in [3.05, 3.63) is 18.2 Å². The second kappa shape index (κ2) is 5.47. The van der Waals surface area contributed by atoms with E-state index in [1.54, 1.807) is 7.11 Å². The van der Waals surface area contributed by atoms with Crippen molar-refractivity contribution in [3.8, 4) is 16.3 Å². The monoisotopic (exact) mass is 333 g/mol. The van der Waals surface area contributed by atoms with E-state index in [1.807, 2.05) is 45.9 Å². The molecule has 0 atom stereocenters. The largest absolute Gasteiger partial charge is 0.496 e. The molecule has 1 aromatic heterocycles. The van der Waals surface area contributed by atoms with Crippen molar-refractivity contribution >= 4 is 29.0 Å². The lowest BCUT2D eigenvalue weighted by Crippen LogP contribution is -2.41. The molecule has 0 radical (unpaired) electrons. The van der Waals surface area contributed by atoms with Crippen LogP contribution in [0.1, 0.15) is 27.7 Å². The van der Waals surface area contributed by atoms with Gasteiger partial charge in [-0.25, -0.2) is 0 Å². The van der Waals surface area contributed by atoms with E-state index in [0.717, 1.165) is 11.0 Å². The van der Waals surface area contributed by atoms with Crippen LogP contribution < -0.4 is 15.9 Å². The maximum Gasteiger partial charge on any atom is 0.494 e. The summed E-state index contributed by atoms with van der Waals surface area (Å²) >= 11 is 1.32. The maximum absolute atomic E-state index is 6.10. The fourth-order valence-electron chi connectivity index (χ4n) is 2.36. The fraction of sp³-hybridized carbons (Fsp3) is 0.467. The number of nitrogen functional groups attached to an aromatic ring is 1. The second-order valence-electron chi connectivity index (χ2n) is 6.49. The summed E-state index contributed by atoms with van der Waals surface area (Å²) in [6, 6.07) is 5.78. The molecule has 1 aromatic carbocycles. The molecule has 1 fully saturated rings. The van der Waals surface area contributed by atoms with Crippen LogP contribution in [0.25, 0.3) is 10.6 Å². The molecule has 0 amide bonds. The Hall–Kier alpha value is -1.64. The van der Waals surface area contributed by atoms with E-state index < -0.39 is 7.12 Å². The minimum absolute atomic E-state index is 0.384. The van der Waals surface area contributed by atoms with Gasteiger partial charge in [0.15, 0.2) is 5.01 Å². The van der Waals surface area contributed by atoms with Gasteiger partial charge in [-0.15, -0.1) is 10.2 Å². The van der Waals surface area contributed by atoms with Gasteiger partial charge in [0.25, 0.3) is 0 Å². The van der Waals surface area contributed by atoms with Crippen LogP contribution >= 0.6 is 11.3 Å². The predicted molar refractivity (Wildman–Crippen MR) is 92.0 cm³/mol. The van der Waals surface area contributed by atoms with Gasteiger partial charge in [0.05, 0.1) is 23.9 Å². The van der Waals surface area contributed by atoms with Crippen molar-refractivity contribution in [3.63, 3.8) is 0 Å². The van der Waals surface area contributed by atoms with Gasteiger partial charge in [-0.1, -0.05) is 17.4 Å². The Balaban J connectivity index is 1.99. The highest BCUT2D eigenvalue weighted by Crippen LogP contribution is 2.37. The summed E-state index contributed by atoms with van der Waals surface area (Å²) < 4.78 is 17.6. The molecular weight excluding hydrogens is 313 g/mol. The minimum atomic E-state index is -0.435. The Morgan fingerprint density at radius 3 is 2.30 bits per heavy atom. The van der Waals surface area contributed by atoms with E-state index in [9.17, 15) is 0 Å². The van der Waals surface area contributed by atoms with Crippen LogP contribution in [0.3, 0.4) is 0 Å². The lowest BCUT2D eigenvalue weighted by Gasteiger charge is -2.32. The number of hydrogen-bond acceptors (Lipinski definition) is 7. The summed E-state index contributed by atoms with van der Waals surface area (Å²) in [5.41, 5.74) is 6.66. The molecule has 3 rings (SSSR count). The average Bonchev–Trinajstić information content (AvgIpc) is 3.00. The number of ether oxygens (including phenoxy) is 1. The smallest absolute Gasteiger partial charge is 0.494 e. The highest BCUT2D eigenvalue weighted by Gasteiger charge is 2.51. The molecule has 0 spiro atoms. The second-order valence-corrected chi connectivity index (χ2v) is 7.50. The number of hydrogen-bond donors (Lipinski definition) is 1. The summed E-state index contributed by atoms with van der Waals surface area (Å²) in [7, 11) is 1.19. The van der Waals surface area contributed by atoms with Crippen LogP contribution in [0.15, 0.2) is 18.2 Å². The zero-order valence-corrected chi connectivity index (χ0v) is 14.7. The van der Waals surface area contributed by atoms with Crippen LogP contribution in [-0.2, 0) is 9.31 Å². The molecule has 2 aromatic rings. The Labute approximate surface area is 140 Å². The lowest BCUT2D eigenvalue weighted by molar-refractivity contribution is 0.00578. The molecule has 1 saturated heterocycles. The summed E-state index contributed by atoms with van der Waals surface area (Å²) in [5.74, 6) is 0.710. The SMILES string of the molecule is COc1ccc(B2OC(C)(C)C(C)(C)O2)cc1-c1nnc(N)s1. The van der Waals surface area contributed by atoms with Crippen molar-refractivity contribution in [2.45, 2.75) is 38.9 Å². The van der Waals surface area contributed by atoms with E-state index in [0.29, 0.717) is 15.9 Å². The number of anilines is 1. The average molecular weight is 333 g/mol. The van der Waals surface area contributed by atoms with Crippen LogP contribution in [0.4, 0.5) is 5.13 Å². The third-order valence-corrected chi connectivity index (χ3v) is 5.21. The van der Waals surface area contributed by atoms with Gasteiger partial charge in [0, 0.05) is 0 Å². The van der Waals surface area contributed by atoms with Crippen molar-refractivity contribution in [1.82, 2.24) is 10.2 Å². The third-order valence-electron chi connectivity index (χ3n) is 4.42. The minimum Gasteiger partial charge on any atom is -0.496 e. The van der Waals surface area contributed by atoms with E-state index >= 15 is 0 Å². The molecule has 2 heterocycles. The Morgan fingerprint density at radius 1 is 1.13 bits per heavy atom. The van der Waals surface area contributed by atoms with E-state index in [-0.39, 0.29) is 11.2 Å². The highest BCUT2D eigenvalue weighted by atomic mass is 32.1. The molecule has 2 N–H and O–H groups in total. The number of nitrogens with two attached hydrogens (primary N) is 1. The molecule has 1 aliphatic heterocycles. The molecule has 0 aliphatic carbocycles. The Morgan fingerprint density at radius 2 is 1.78 bits per heavy atom. The summed E-state index contributed by atoms with van der Waals surface area (Å²) in [4.78, 5) is 0. The van der Waals surface area contributed by atoms with E-state index in [1.165, 1.54) is 11.3 Å².